The molecule has 128 valence electrons. The molecule has 0 atom stereocenters. The van der Waals surface area contributed by atoms with Crippen molar-refractivity contribution < 1.29 is 13.9 Å². The summed E-state index contributed by atoms with van der Waals surface area (Å²) in [6.45, 7) is 0. The lowest BCUT2D eigenvalue weighted by Crippen LogP contribution is -2.32. The Balaban J connectivity index is 2.08. The molecule has 1 heterocycles. The molecule has 25 heavy (non-hydrogen) atoms. The molecule has 3 aromatic rings. The predicted octanol–water partition coefficient (Wildman–Crippen LogP) is 4.03. The van der Waals surface area contributed by atoms with E-state index in [0.717, 1.165) is 12.8 Å². The quantitative estimate of drug-likeness (QED) is 0.765. The summed E-state index contributed by atoms with van der Waals surface area (Å²) in [6.07, 6.45) is 2.85. The number of pyridine rings is 1. The Kier molecular flexibility index (Phi) is 3.69. The summed E-state index contributed by atoms with van der Waals surface area (Å²) in [4.78, 5) is 13.1. The second kappa shape index (κ2) is 5.77. The lowest BCUT2D eigenvalue weighted by atomic mass is 9.94. The van der Waals surface area contributed by atoms with E-state index in [4.69, 9.17) is 0 Å². The van der Waals surface area contributed by atoms with Crippen LogP contribution in [0, 0.1) is 11.6 Å². The van der Waals surface area contributed by atoms with Crippen molar-refractivity contribution in [1.29, 1.82) is 0 Å². The van der Waals surface area contributed by atoms with Gasteiger partial charge in [-0.05, 0) is 60.7 Å². The summed E-state index contributed by atoms with van der Waals surface area (Å²) in [6, 6.07) is 11.3. The van der Waals surface area contributed by atoms with E-state index in [1.165, 1.54) is 41.0 Å². The van der Waals surface area contributed by atoms with E-state index in [1.807, 2.05) is 0 Å². The van der Waals surface area contributed by atoms with E-state index < -0.39 is 22.8 Å². The number of hydrogen-bond donors (Lipinski definition) is 1. The molecule has 1 fully saturated rings. The zero-order valence-corrected chi connectivity index (χ0v) is 13.5. The first-order valence-electron chi connectivity index (χ1n) is 8.32. The standard InChI is InChI=1S/C20H17F2NO2/c21-14-5-7-16(8-6-14)23-18(20(25)9-1-2-10-20)11-13-3-4-15(22)12-17(13)19(23)24/h3-8,11-12,25H,1-2,9-10H2. The van der Waals surface area contributed by atoms with Gasteiger partial charge in [-0.25, -0.2) is 8.78 Å². The van der Waals surface area contributed by atoms with Gasteiger partial charge in [-0.2, -0.15) is 0 Å². The average Bonchev–Trinajstić information content (AvgIpc) is 3.04. The normalized spacial score (nSPS) is 16.4. The minimum absolute atomic E-state index is 0.231. The molecule has 1 N–H and O–H groups in total. The zero-order chi connectivity index (χ0) is 17.6. The van der Waals surface area contributed by atoms with Gasteiger partial charge < -0.3 is 5.11 Å². The zero-order valence-electron chi connectivity index (χ0n) is 13.5. The Morgan fingerprint density at radius 1 is 0.920 bits per heavy atom. The maximum absolute atomic E-state index is 13.6. The molecule has 0 spiro atoms. The molecular weight excluding hydrogens is 324 g/mol. The van der Waals surface area contributed by atoms with E-state index >= 15 is 0 Å². The number of aliphatic hydroxyl groups is 1. The number of halogens is 2. The third kappa shape index (κ3) is 2.65. The largest absolute Gasteiger partial charge is 0.384 e. The Hall–Kier alpha value is -2.53. The highest BCUT2D eigenvalue weighted by molar-refractivity contribution is 5.82. The van der Waals surface area contributed by atoms with Crippen molar-refractivity contribution in [3.63, 3.8) is 0 Å². The Morgan fingerprint density at radius 2 is 1.56 bits per heavy atom. The van der Waals surface area contributed by atoms with Crippen LogP contribution in [0.5, 0.6) is 0 Å². The highest BCUT2D eigenvalue weighted by atomic mass is 19.1. The first kappa shape index (κ1) is 16.0. The number of rotatable bonds is 2. The summed E-state index contributed by atoms with van der Waals surface area (Å²) in [5, 5.41) is 11.9. The molecule has 0 bridgehead atoms. The number of benzene rings is 2. The maximum atomic E-state index is 13.6. The van der Waals surface area contributed by atoms with E-state index in [2.05, 4.69) is 0 Å². The van der Waals surface area contributed by atoms with Crippen molar-refractivity contribution in [2.45, 2.75) is 31.3 Å². The topological polar surface area (TPSA) is 42.2 Å². The van der Waals surface area contributed by atoms with Crippen LogP contribution in [-0.4, -0.2) is 9.67 Å². The van der Waals surface area contributed by atoms with E-state index in [1.54, 1.807) is 12.1 Å². The SMILES string of the molecule is O=c1c2cc(F)ccc2cc(C2(O)CCCC2)n1-c1ccc(F)cc1. The molecule has 1 aromatic heterocycles. The fraction of sp³-hybridized carbons (Fsp3) is 0.250. The Morgan fingerprint density at radius 3 is 2.24 bits per heavy atom. The molecule has 0 radical (unpaired) electrons. The van der Waals surface area contributed by atoms with E-state index in [-0.39, 0.29) is 5.39 Å². The van der Waals surface area contributed by atoms with Crippen LogP contribution in [0.2, 0.25) is 0 Å². The summed E-state index contributed by atoms with van der Waals surface area (Å²) < 4.78 is 28.3. The summed E-state index contributed by atoms with van der Waals surface area (Å²) >= 11 is 0. The Labute approximate surface area is 143 Å². The highest BCUT2D eigenvalue weighted by Gasteiger charge is 2.36. The van der Waals surface area contributed by atoms with Crippen molar-refractivity contribution in [2.75, 3.05) is 0 Å². The van der Waals surface area contributed by atoms with Crippen molar-refractivity contribution >= 4 is 10.8 Å². The molecule has 0 aliphatic heterocycles. The smallest absolute Gasteiger partial charge is 0.263 e. The third-order valence-corrected chi connectivity index (χ3v) is 4.97. The second-order valence-electron chi connectivity index (χ2n) is 6.62. The molecule has 3 nitrogen and oxygen atoms in total. The van der Waals surface area contributed by atoms with Gasteiger partial charge in [-0.1, -0.05) is 18.9 Å². The maximum Gasteiger partial charge on any atom is 0.263 e. The monoisotopic (exact) mass is 341 g/mol. The van der Waals surface area contributed by atoms with Gasteiger partial charge in [0, 0.05) is 5.69 Å². The lowest BCUT2D eigenvalue weighted by molar-refractivity contribution is 0.0376. The molecule has 1 saturated carbocycles. The Bertz CT molecular complexity index is 1000. The fourth-order valence-corrected chi connectivity index (χ4v) is 3.69. The summed E-state index contributed by atoms with van der Waals surface area (Å²) in [5.41, 5.74) is -0.608. The molecule has 1 aliphatic carbocycles. The van der Waals surface area contributed by atoms with Crippen LogP contribution in [0.15, 0.2) is 53.3 Å². The number of nitrogens with zero attached hydrogens (tertiary/aromatic N) is 1. The average molecular weight is 341 g/mol. The van der Waals surface area contributed by atoms with E-state index in [9.17, 15) is 18.7 Å². The van der Waals surface area contributed by atoms with Crippen LogP contribution in [0.4, 0.5) is 8.78 Å². The molecule has 1 aliphatic rings. The summed E-state index contributed by atoms with van der Waals surface area (Å²) in [5.74, 6) is -0.910. The minimum atomic E-state index is -1.11. The van der Waals surface area contributed by atoms with Gasteiger partial charge >= 0.3 is 0 Å². The first-order valence-corrected chi connectivity index (χ1v) is 8.32. The van der Waals surface area contributed by atoms with Gasteiger partial charge in [0.15, 0.2) is 0 Å². The molecule has 5 heteroatoms. The van der Waals surface area contributed by atoms with Crippen molar-refractivity contribution in [2.24, 2.45) is 0 Å². The van der Waals surface area contributed by atoms with Crippen LogP contribution in [0.3, 0.4) is 0 Å². The fourth-order valence-electron chi connectivity index (χ4n) is 3.69. The number of fused-ring (bicyclic) bond motifs is 1. The van der Waals surface area contributed by atoms with E-state index in [0.29, 0.717) is 29.6 Å². The van der Waals surface area contributed by atoms with Crippen molar-refractivity contribution in [3.8, 4) is 5.69 Å². The van der Waals surface area contributed by atoms with Gasteiger partial charge in [0.05, 0.1) is 11.1 Å². The minimum Gasteiger partial charge on any atom is -0.384 e. The van der Waals surface area contributed by atoms with Crippen molar-refractivity contribution in [1.82, 2.24) is 4.57 Å². The molecular formula is C20H17F2NO2. The van der Waals surface area contributed by atoms with Crippen LogP contribution >= 0.6 is 0 Å². The molecule has 2 aromatic carbocycles. The van der Waals surface area contributed by atoms with Crippen LogP contribution in [0.25, 0.3) is 16.5 Å². The molecule has 4 rings (SSSR count). The molecule has 0 amide bonds. The van der Waals surface area contributed by atoms with Gasteiger partial charge in [0.25, 0.3) is 5.56 Å². The summed E-state index contributed by atoms with van der Waals surface area (Å²) in [7, 11) is 0. The van der Waals surface area contributed by atoms with Gasteiger partial charge in [0.2, 0.25) is 0 Å². The highest BCUT2D eigenvalue weighted by Crippen LogP contribution is 2.39. The van der Waals surface area contributed by atoms with Crippen LogP contribution < -0.4 is 5.56 Å². The number of aromatic nitrogens is 1. The second-order valence-corrected chi connectivity index (χ2v) is 6.62. The molecule has 0 saturated heterocycles. The first-order chi connectivity index (χ1) is 12.0. The number of hydrogen-bond acceptors (Lipinski definition) is 2. The lowest BCUT2D eigenvalue weighted by Gasteiger charge is -2.27. The van der Waals surface area contributed by atoms with Crippen molar-refractivity contribution in [3.05, 3.63) is 76.2 Å². The van der Waals surface area contributed by atoms with Gasteiger partial charge in [0.1, 0.15) is 17.2 Å². The third-order valence-electron chi connectivity index (χ3n) is 4.97. The van der Waals surface area contributed by atoms with Crippen LogP contribution in [0.1, 0.15) is 31.4 Å². The van der Waals surface area contributed by atoms with Crippen LogP contribution in [-0.2, 0) is 5.60 Å². The predicted molar refractivity (Wildman–Crippen MR) is 91.8 cm³/mol. The van der Waals surface area contributed by atoms with Gasteiger partial charge in [-0.15, -0.1) is 0 Å². The van der Waals surface area contributed by atoms with Gasteiger partial charge in [-0.3, -0.25) is 9.36 Å². The molecule has 0 unspecified atom stereocenters.